The van der Waals surface area contributed by atoms with E-state index in [1.54, 1.807) is 25.2 Å². The Morgan fingerprint density at radius 2 is 2.16 bits per heavy atom. The number of guanidine groups is 1. The lowest BCUT2D eigenvalue weighted by atomic mass is 10.4. The lowest BCUT2D eigenvalue weighted by Crippen LogP contribution is -2.39. The van der Waals surface area contributed by atoms with E-state index in [0.717, 1.165) is 5.69 Å². The van der Waals surface area contributed by atoms with Crippen LogP contribution in [-0.4, -0.2) is 42.7 Å². The highest BCUT2D eigenvalue weighted by atomic mass is 127. The fourth-order valence-electron chi connectivity index (χ4n) is 1.50. The highest BCUT2D eigenvalue weighted by molar-refractivity contribution is 14.0. The monoisotopic (exact) mass is 390 g/mol. The van der Waals surface area contributed by atoms with E-state index < -0.39 is 12.6 Å². The molecule has 1 rings (SSSR count). The number of hydrogen-bond acceptors (Lipinski definition) is 1. The van der Waals surface area contributed by atoms with E-state index in [-0.39, 0.29) is 30.5 Å². The number of aromatic nitrogens is 1. The molecule has 0 unspecified atom stereocenters. The second kappa shape index (κ2) is 8.28. The summed E-state index contributed by atoms with van der Waals surface area (Å²) in [7, 11) is 3.31. The van der Waals surface area contributed by atoms with Gasteiger partial charge in [0.05, 0.1) is 13.0 Å². The summed E-state index contributed by atoms with van der Waals surface area (Å²) in [6.45, 7) is 0.379. The molecule has 0 spiro atoms. The predicted molar refractivity (Wildman–Crippen MR) is 79.7 cm³/mol. The van der Waals surface area contributed by atoms with E-state index in [1.165, 1.54) is 0 Å². The van der Waals surface area contributed by atoms with Crippen LogP contribution >= 0.6 is 24.0 Å². The average molecular weight is 390 g/mol. The van der Waals surface area contributed by atoms with Gasteiger partial charge in [0.2, 0.25) is 0 Å². The van der Waals surface area contributed by atoms with Crippen molar-refractivity contribution in [1.29, 1.82) is 0 Å². The van der Waals surface area contributed by atoms with Crippen molar-refractivity contribution in [3.05, 3.63) is 24.0 Å². The number of hydrogen-bond donors (Lipinski definition) is 2. The minimum Gasteiger partial charge on any atom is -0.364 e. The minimum absolute atomic E-state index is 0. The summed E-state index contributed by atoms with van der Waals surface area (Å²) in [5.41, 5.74) is 0.969. The van der Waals surface area contributed by atoms with Gasteiger partial charge in [0, 0.05) is 32.5 Å². The normalized spacial score (nSPS) is 11.9. The van der Waals surface area contributed by atoms with Crippen LogP contribution in [0, 0.1) is 0 Å². The number of H-pyrrole nitrogens is 1. The van der Waals surface area contributed by atoms with Crippen molar-refractivity contribution in [3.63, 3.8) is 0 Å². The second-order valence-corrected chi connectivity index (χ2v) is 3.89. The second-order valence-electron chi connectivity index (χ2n) is 3.89. The number of alkyl halides is 3. The standard InChI is InChI=1S/C11H17F3N4.HI/c1-15-10(17-7-5-11(12,13)14)18(2)8-9-4-3-6-16-9;/h3-4,6,16H,5,7-8H2,1-2H3,(H,15,17);1H. The third-order valence-corrected chi connectivity index (χ3v) is 2.33. The molecule has 0 aliphatic carbocycles. The number of rotatable bonds is 4. The van der Waals surface area contributed by atoms with Gasteiger partial charge < -0.3 is 15.2 Å². The van der Waals surface area contributed by atoms with Gasteiger partial charge in [-0.1, -0.05) is 0 Å². The van der Waals surface area contributed by atoms with Gasteiger partial charge in [-0.3, -0.25) is 4.99 Å². The van der Waals surface area contributed by atoms with Gasteiger partial charge in [-0.25, -0.2) is 0 Å². The first kappa shape index (κ1) is 18.1. The van der Waals surface area contributed by atoms with Gasteiger partial charge in [-0.05, 0) is 12.1 Å². The summed E-state index contributed by atoms with van der Waals surface area (Å²) in [5, 5.41) is 2.68. The summed E-state index contributed by atoms with van der Waals surface area (Å²) in [5.74, 6) is 0.439. The zero-order chi connectivity index (χ0) is 13.6. The number of nitrogens with zero attached hydrogens (tertiary/aromatic N) is 2. The number of nitrogens with one attached hydrogen (secondary N) is 2. The molecule has 0 aliphatic heterocycles. The van der Waals surface area contributed by atoms with Crippen LogP contribution in [-0.2, 0) is 6.54 Å². The van der Waals surface area contributed by atoms with Crippen LogP contribution in [0.15, 0.2) is 23.3 Å². The molecule has 110 valence electrons. The zero-order valence-electron chi connectivity index (χ0n) is 10.8. The first-order chi connectivity index (χ1) is 8.42. The Kier molecular flexibility index (Phi) is 7.88. The molecule has 0 saturated heterocycles. The summed E-state index contributed by atoms with van der Waals surface area (Å²) in [4.78, 5) is 8.71. The van der Waals surface area contributed by atoms with E-state index in [1.807, 2.05) is 12.1 Å². The Bertz CT molecular complexity index is 376. The molecule has 1 heterocycles. The smallest absolute Gasteiger partial charge is 0.364 e. The molecule has 2 N–H and O–H groups in total. The Hall–Kier alpha value is -0.930. The van der Waals surface area contributed by atoms with E-state index >= 15 is 0 Å². The molecule has 0 amide bonds. The Morgan fingerprint density at radius 1 is 1.47 bits per heavy atom. The number of aromatic amines is 1. The van der Waals surface area contributed by atoms with Gasteiger partial charge >= 0.3 is 6.18 Å². The molecule has 0 fully saturated rings. The molecule has 19 heavy (non-hydrogen) atoms. The minimum atomic E-state index is -4.15. The third kappa shape index (κ3) is 7.28. The molecule has 0 radical (unpaired) electrons. The summed E-state index contributed by atoms with van der Waals surface area (Å²) >= 11 is 0. The van der Waals surface area contributed by atoms with Gasteiger partial charge in [0.25, 0.3) is 0 Å². The van der Waals surface area contributed by atoms with Crippen molar-refractivity contribution in [3.8, 4) is 0 Å². The maximum Gasteiger partial charge on any atom is 0.390 e. The summed E-state index contributed by atoms with van der Waals surface area (Å²) in [6, 6.07) is 3.77. The molecule has 0 saturated carbocycles. The lowest BCUT2D eigenvalue weighted by molar-refractivity contribution is -0.132. The van der Waals surface area contributed by atoms with Crippen molar-refractivity contribution in [1.82, 2.24) is 15.2 Å². The maximum atomic E-state index is 12.0. The van der Waals surface area contributed by atoms with E-state index in [9.17, 15) is 13.2 Å². The first-order valence-electron chi connectivity index (χ1n) is 5.53. The van der Waals surface area contributed by atoms with Crippen molar-refractivity contribution in [2.75, 3.05) is 20.6 Å². The molecule has 4 nitrogen and oxygen atoms in total. The van der Waals surface area contributed by atoms with Crippen LogP contribution in [0.25, 0.3) is 0 Å². The quantitative estimate of drug-likeness (QED) is 0.472. The highest BCUT2D eigenvalue weighted by Crippen LogP contribution is 2.18. The molecule has 0 aliphatic rings. The fraction of sp³-hybridized carbons (Fsp3) is 0.545. The van der Waals surface area contributed by atoms with Crippen LogP contribution in [0.1, 0.15) is 12.1 Å². The van der Waals surface area contributed by atoms with Crippen molar-refractivity contribution in [2.45, 2.75) is 19.1 Å². The Balaban J connectivity index is 0.00000324. The maximum absolute atomic E-state index is 12.0. The number of aliphatic imine (C=N–C) groups is 1. The largest absolute Gasteiger partial charge is 0.390 e. The van der Waals surface area contributed by atoms with Crippen LogP contribution in [0.5, 0.6) is 0 Å². The molecular weight excluding hydrogens is 372 g/mol. The molecule has 1 aromatic rings. The van der Waals surface area contributed by atoms with E-state index in [2.05, 4.69) is 15.3 Å². The van der Waals surface area contributed by atoms with Gasteiger partial charge in [0.15, 0.2) is 5.96 Å². The van der Waals surface area contributed by atoms with Crippen LogP contribution < -0.4 is 5.32 Å². The number of halogens is 4. The van der Waals surface area contributed by atoms with Gasteiger partial charge in [-0.15, -0.1) is 24.0 Å². The molecule has 1 aromatic heterocycles. The Morgan fingerprint density at radius 3 is 2.63 bits per heavy atom. The fourth-order valence-corrected chi connectivity index (χ4v) is 1.50. The zero-order valence-corrected chi connectivity index (χ0v) is 13.1. The topological polar surface area (TPSA) is 43.4 Å². The van der Waals surface area contributed by atoms with Crippen LogP contribution in [0.3, 0.4) is 0 Å². The molecule has 8 heteroatoms. The van der Waals surface area contributed by atoms with Crippen molar-refractivity contribution < 1.29 is 13.2 Å². The summed E-state index contributed by atoms with van der Waals surface area (Å²) in [6.07, 6.45) is -3.23. The van der Waals surface area contributed by atoms with Crippen LogP contribution in [0.2, 0.25) is 0 Å². The molecular formula is C11H18F3IN4. The van der Waals surface area contributed by atoms with E-state index in [4.69, 9.17) is 0 Å². The van der Waals surface area contributed by atoms with Crippen molar-refractivity contribution >= 4 is 29.9 Å². The average Bonchev–Trinajstić information content (AvgIpc) is 2.75. The lowest BCUT2D eigenvalue weighted by Gasteiger charge is -2.21. The third-order valence-electron chi connectivity index (χ3n) is 2.33. The molecule has 0 atom stereocenters. The Labute approximate surface area is 127 Å². The predicted octanol–water partition coefficient (Wildman–Crippen LogP) is 2.59. The highest BCUT2D eigenvalue weighted by Gasteiger charge is 2.26. The SMILES string of the molecule is CN=C(NCCC(F)(F)F)N(C)Cc1ccc[nH]1.I. The van der Waals surface area contributed by atoms with E-state index in [0.29, 0.717) is 12.5 Å². The summed E-state index contributed by atoms with van der Waals surface area (Å²) < 4.78 is 36.1. The van der Waals surface area contributed by atoms with Gasteiger partial charge in [-0.2, -0.15) is 13.2 Å². The van der Waals surface area contributed by atoms with Gasteiger partial charge in [0.1, 0.15) is 0 Å². The molecule has 0 aromatic carbocycles. The first-order valence-corrected chi connectivity index (χ1v) is 5.53. The van der Waals surface area contributed by atoms with Crippen LogP contribution in [0.4, 0.5) is 13.2 Å². The van der Waals surface area contributed by atoms with Crippen molar-refractivity contribution in [2.24, 2.45) is 4.99 Å². The molecule has 0 bridgehead atoms.